The Morgan fingerprint density at radius 3 is 2.15 bits per heavy atom. The number of nitrogens with one attached hydrogen (secondary N) is 1. The van der Waals surface area contributed by atoms with Crippen LogP contribution in [0, 0.1) is 17.6 Å². The van der Waals surface area contributed by atoms with E-state index in [-0.39, 0.29) is 12.2 Å². The number of para-hydroxylation sites is 1. The summed E-state index contributed by atoms with van der Waals surface area (Å²) in [4.78, 5) is 54.5. The molecule has 11 heteroatoms. The lowest BCUT2D eigenvalue weighted by Crippen LogP contribution is -2.33. The number of hydrogen-bond acceptors (Lipinski definition) is 6. The highest BCUT2D eigenvalue weighted by molar-refractivity contribution is 8.00. The van der Waals surface area contributed by atoms with Gasteiger partial charge in [-0.25, -0.2) is 13.7 Å². The van der Waals surface area contributed by atoms with Gasteiger partial charge in [-0.3, -0.25) is 23.7 Å². The van der Waals surface area contributed by atoms with Crippen molar-refractivity contribution in [3.8, 4) is 0 Å². The van der Waals surface area contributed by atoms with Gasteiger partial charge in [0.05, 0.1) is 16.6 Å². The van der Waals surface area contributed by atoms with E-state index < -0.39 is 51.3 Å². The number of hydrogen-bond donors (Lipinski definition) is 1. The zero-order chi connectivity index (χ0) is 27.3. The minimum atomic E-state index is -0.900. The lowest BCUT2D eigenvalue weighted by Gasteiger charge is -2.30. The van der Waals surface area contributed by atoms with E-state index in [2.05, 4.69) is 5.32 Å². The fraction of sp³-hybridized carbons (Fsp3) is 0.143. The van der Waals surface area contributed by atoms with E-state index in [4.69, 9.17) is 0 Å². The summed E-state index contributed by atoms with van der Waals surface area (Å²) in [5, 5.41) is 2.28. The number of carbonyl (C=O) groups is 3. The van der Waals surface area contributed by atoms with Crippen molar-refractivity contribution in [1.82, 2.24) is 4.57 Å². The van der Waals surface area contributed by atoms with E-state index in [1.54, 1.807) is 24.3 Å². The molecule has 0 aliphatic carbocycles. The third-order valence-electron chi connectivity index (χ3n) is 6.72. The van der Waals surface area contributed by atoms with E-state index in [0.29, 0.717) is 21.2 Å². The first kappa shape index (κ1) is 25.2. The Bertz CT molecular complexity index is 1650. The van der Waals surface area contributed by atoms with Crippen molar-refractivity contribution in [2.45, 2.75) is 22.7 Å². The van der Waals surface area contributed by atoms with Crippen molar-refractivity contribution < 1.29 is 23.2 Å². The zero-order valence-electron chi connectivity index (χ0n) is 20.0. The highest BCUT2D eigenvalue weighted by Gasteiger charge is 2.56. The maximum atomic E-state index is 13.8. The molecule has 1 aromatic heterocycles. The van der Waals surface area contributed by atoms with Gasteiger partial charge in [-0.15, -0.1) is 0 Å². The van der Waals surface area contributed by atoms with Gasteiger partial charge in [-0.2, -0.15) is 0 Å². The molecule has 2 aliphatic heterocycles. The summed E-state index contributed by atoms with van der Waals surface area (Å²) >= 11 is 1.98. The number of thiazole rings is 1. The average Bonchev–Trinajstić information content (AvgIpc) is 3.36. The van der Waals surface area contributed by atoms with Gasteiger partial charge in [-0.1, -0.05) is 53.4 Å². The van der Waals surface area contributed by atoms with E-state index in [1.165, 1.54) is 53.1 Å². The monoisotopic (exact) mass is 563 g/mol. The van der Waals surface area contributed by atoms with E-state index in [0.717, 1.165) is 28.0 Å². The maximum absolute atomic E-state index is 13.8. The molecule has 0 saturated carbocycles. The molecule has 1 N–H and O–H groups in total. The van der Waals surface area contributed by atoms with Crippen LogP contribution < -0.4 is 15.1 Å². The van der Waals surface area contributed by atoms with E-state index in [9.17, 15) is 28.0 Å². The fourth-order valence-electron chi connectivity index (χ4n) is 4.99. The Hall–Kier alpha value is -4.09. The van der Waals surface area contributed by atoms with Gasteiger partial charge in [0.25, 0.3) is 0 Å². The van der Waals surface area contributed by atoms with Crippen LogP contribution >= 0.6 is 23.1 Å². The van der Waals surface area contributed by atoms with Crippen LogP contribution in [0.15, 0.2) is 88.7 Å². The Kier molecular flexibility index (Phi) is 6.40. The molecule has 1 fully saturated rings. The second kappa shape index (κ2) is 9.90. The van der Waals surface area contributed by atoms with Crippen LogP contribution in [0.25, 0.3) is 0 Å². The minimum absolute atomic E-state index is 0.238. The van der Waals surface area contributed by atoms with E-state index in [1.807, 2.05) is 6.07 Å². The molecule has 2 aliphatic rings. The van der Waals surface area contributed by atoms with Crippen LogP contribution in [0.3, 0.4) is 0 Å². The molecule has 3 heterocycles. The Morgan fingerprint density at radius 1 is 0.846 bits per heavy atom. The Labute approximate surface area is 229 Å². The predicted octanol–water partition coefficient (Wildman–Crippen LogP) is 4.62. The minimum Gasteiger partial charge on any atom is -0.325 e. The van der Waals surface area contributed by atoms with Crippen molar-refractivity contribution in [3.63, 3.8) is 0 Å². The third kappa shape index (κ3) is 4.47. The molecule has 3 unspecified atom stereocenters. The van der Waals surface area contributed by atoms with Crippen LogP contribution in [0.1, 0.15) is 16.4 Å². The number of benzene rings is 3. The van der Waals surface area contributed by atoms with Crippen molar-refractivity contribution >= 4 is 52.2 Å². The quantitative estimate of drug-likeness (QED) is 0.358. The summed E-state index contributed by atoms with van der Waals surface area (Å²) in [7, 11) is 0. The van der Waals surface area contributed by atoms with Gasteiger partial charge in [0, 0.05) is 16.5 Å². The number of aromatic nitrogens is 1. The number of fused-ring (bicyclic) bond motifs is 2. The molecule has 1 saturated heterocycles. The number of rotatable bonds is 5. The standard InChI is InChI=1S/C28H19F2N3O4S2/c29-16-8-6-15(7-9-16)21-22-23(26(36)33(25(22)35)19-12-10-17(30)11-13-19)38-27-24(21)39-28(37)32(27)14-20(34)31-18-4-2-1-3-5-18/h1-13,21-23H,14H2,(H,31,34). The van der Waals surface area contributed by atoms with Crippen molar-refractivity contribution in [3.05, 3.63) is 111 Å². The molecule has 7 nitrogen and oxygen atoms in total. The van der Waals surface area contributed by atoms with Crippen LogP contribution in [0.2, 0.25) is 0 Å². The second-order valence-electron chi connectivity index (χ2n) is 9.12. The lowest BCUT2D eigenvalue weighted by atomic mass is 9.83. The highest BCUT2D eigenvalue weighted by atomic mass is 32.2. The summed E-state index contributed by atoms with van der Waals surface area (Å²) in [5.74, 6) is -3.98. The van der Waals surface area contributed by atoms with E-state index >= 15 is 0 Å². The number of thioether (sulfide) groups is 1. The largest absolute Gasteiger partial charge is 0.325 e. The fourth-order valence-corrected chi connectivity index (χ4v) is 7.77. The van der Waals surface area contributed by atoms with Crippen molar-refractivity contribution in [1.29, 1.82) is 0 Å². The number of imide groups is 1. The first-order chi connectivity index (χ1) is 18.8. The topological polar surface area (TPSA) is 88.5 Å². The Balaban J connectivity index is 1.42. The molecule has 39 heavy (non-hydrogen) atoms. The van der Waals surface area contributed by atoms with Crippen molar-refractivity contribution in [2.24, 2.45) is 5.92 Å². The number of carbonyl (C=O) groups excluding carboxylic acids is 3. The molecule has 0 bridgehead atoms. The normalized spacial score (nSPS) is 20.1. The SMILES string of the molecule is O=C(Cn1c2c(sc1=O)C(c1ccc(F)cc1)C1C(=O)N(c3ccc(F)cc3)C(=O)C1S2)Nc1ccccc1. The molecule has 3 amide bonds. The third-order valence-corrected chi connectivity index (χ3v) is 9.33. The number of anilines is 2. The second-order valence-corrected chi connectivity index (χ2v) is 11.2. The summed E-state index contributed by atoms with van der Waals surface area (Å²) in [6, 6.07) is 19.4. The zero-order valence-corrected chi connectivity index (χ0v) is 21.7. The highest BCUT2D eigenvalue weighted by Crippen LogP contribution is 2.53. The molecule has 196 valence electrons. The molecular weight excluding hydrogens is 544 g/mol. The van der Waals surface area contributed by atoms with Crippen LogP contribution in [0.5, 0.6) is 0 Å². The molecular formula is C28H19F2N3O4S2. The molecule has 0 spiro atoms. The molecule has 3 atom stereocenters. The molecule has 4 aromatic rings. The van der Waals surface area contributed by atoms with Crippen LogP contribution in [-0.4, -0.2) is 27.5 Å². The smallest absolute Gasteiger partial charge is 0.308 e. The summed E-state index contributed by atoms with van der Waals surface area (Å²) in [6.07, 6.45) is 0. The summed E-state index contributed by atoms with van der Waals surface area (Å²) in [6.45, 7) is -0.288. The van der Waals surface area contributed by atoms with Gasteiger partial charge in [0.15, 0.2) is 0 Å². The number of halogens is 2. The van der Waals surface area contributed by atoms with Gasteiger partial charge in [0.1, 0.15) is 23.4 Å². The van der Waals surface area contributed by atoms with Gasteiger partial charge in [0.2, 0.25) is 17.7 Å². The van der Waals surface area contributed by atoms with Gasteiger partial charge in [-0.05, 0) is 54.1 Å². The number of nitrogens with zero attached hydrogens (tertiary/aromatic N) is 2. The molecule has 0 radical (unpaired) electrons. The number of amides is 3. The van der Waals surface area contributed by atoms with Gasteiger partial charge >= 0.3 is 4.87 Å². The molecule has 6 rings (SSSR count). The van der Waals surface area contributed by atoms with Gasteiger partial charge < -0.3 is 5.32 Å². The van der Waals surface area contributed by atoms with Crippen LogP contribution in [0.4, 0.5) is 20.2 Å². The average molecular weight is 564 g/mol. The Morgan fingerprint density at radius 2 is 1.49 bits per heavy atom. The lowest BCUT2D eigenvalue weighted by molar-refractivity contribution is -0.122. The van der Waals surface area contributed by atoms with Crippen molar-refractivity contribution in [2.75, 3.05) is 10.2 Å². The molecule has 3 aromatic carbocycles. The predicted molar refractivity (Wildman–Crippen MR) is 144 cm³/mol. The summed E-state index contributed by atoms with van der Waals surface area (Å²) < 4.78 is 28.7. The summed E-state index contributed by atoms with van der Waals surface area (Å²) in [5.41, 5.74) is 1.38. The van der Waals surface area contributed by atoms with Crippen LogP contribution in [-0.2, 0) is 20.9 Å². The maximum Gasteiger partial charge on any atom is 0.308 e. The first-order valence-electron chi connectivity index (χ1n) is 12.0. The first-order valence-corrected chi connectivity index (χ1v) is 13.7.